The average Bonchev–Trinajstić information content (AvgIpc) is 2.95. The van der Waals surface area contributed by atoms with E-state index in [0.29, 0.717) is 18.8 Å². The molecule has 3 unspecified atom stereocenters. The minimum atomic E-state index is -5.19. The van der Waals surface area contributed by atoms with Crippen LogP contribution in [0.1, 0.15) is 71.6 Å². The molecule has 4 fully saturated rings. The molecule has 0 aliphatic heterocycles. The molecule has 4 saturated carbocycles. The molecule has 29 heavy (non-hydrogen) atoms. The van der Waals surface area contributed by atoms with Crippen LogP contribution < -0.4 is 0 Å². The number of hydrogen-bond acceptors (Lipinski definition) is 7. The number of rotatable bonds is 4. The first kappa shape index (κ1) is 22.0. The third-order valence-corrected chi connectivity index (χ3v) is 10.7. The molecule has 4 rings (SSSR count). The van der Waals surface area contributed by atoms with E-state index in [1.54, 1.807) is 0 Å². The lowest BCUT2D eigenvalue weighted by molar-refractivity contribution is -0.161. The van der Waals surface area contributed by atoms with Crippen molar-refractivity contribution in [1.82, 2.24) is 0 Å². The molecular formula is C19H32O8S2. The van der Waals surface area contributed by atoms with Crippen molar-refractivity contribution >= 4 is 20.8 Å². The van der Waals surface area contributed by atoms with Crippen LogP contribution in [-0.2, 0) is 28.6 Å². The summed E-state index contributed by atoms with van der Waals surface area (Å²) in [5.41, 5.74) is 0.162. The molecule has 0 radical (unpaired) electrons. The first-order chi connectivity index (χ1) is 13.3. The molecule has 0 heterocycles. The Kier molecular flexibility index (Phi) is 5.40. The van der Waals surface area contributed by atoms with Gasteiger partial charge in [-0.1, -0.05) is 20.3 Å². The summed E-state index contributed by atoms with van der Waals surface area (Å²) < 4.78 is 64.4. The van der Waals surface area contributed by atoms with Crippen molar-refractivity contribution in [2.45, 2.75) is 83.8 Å². The summed E-state index contributed by atoms with van der Waals surface area (Å²) in [6, 6.07) is 0. The number of aliphatic hydroxyl groups is 1. The van der Waals surface area contributed by atoms with Crippen LogP contribution in [-0.4, -0.2) is 38.7 Å². The lowest BCUT2D eigenvalue weighted by Crippen LogP contribution is -2.58. The lowest BCUT2D eigenvalue weighted by Gasteiger charge is -2.62. The fraction of sp³-hybridized carbons (Fsp3) is 1.00. The van der Waals surface area contributed by atoms with Gasteiger partial charge in [0.2, 0.25) is 0 Å². The summed E-state index contributed by atoms with van der Waals surface area (Å²) >= 11 is 0. The fourth-order valence-corrected chi connectivity index (χ4v) is 9.02. The summed E-state index contributed by atoms with van der Waals surface area (Å²) in [5, 5.41) is 10.2. The molecule has 4 aliphatic carbocycles. The molecule has 168 valence electrons. The monoisotopic (exact) mass is 452 g/mol. The number of hydrogen-bond donors (Lipinski definition) is 2. The smallest absolute Gasteiger partial charge is 0.393 e. The first-order valence-electron chi connectivity index (χ1n) is 10.6. The molecule has 8 atom stereocenters. The minimum absolute atomic E-state index is 0.00693. The molecule has 4 aliphatic rings. The first-order valence-corrected chi connectivity index (χ1v) is 13.3. The van der Waals surface area contributed by atoms with Gasteiger partial charge in [0.05, 0.1) is 12.2 Å². The van der Waals surface area contributed by atoms with Gasteiger partial charge in [-0.25, -0.2) is 4.18 Å². The summed E-state index contributed by atoms with van der Waals surface area (Å²) in [6.45, 7) is 4.55. The van der Waals surface area contributed by atoms with Gasteiger partial charge in [-0.05, 0) is 85.9 Å². The van der Waals surface area contributed by atoms with Crippen molar-refractivity contribution < 1.29 is 34.3 Å². The van der Waals surface area contributed by atoms with E-state index in [0.717, 1.165) is 44.9 Å². The summed E-state index contributed by atoms with van der Waals surface area (Å²) in [5.74, 6) is 0.671. The SMILES string of the molecule is C[C@@]12CCC[C@H]1[C@@H]1C(OS(=O)(=O)OS(=O)(=O)O)CC3CC(O)CC[C@]3(C)[C@H]1CC2. The van der Waals surface area contributed by atoms with E-state index in [4.69, 9.17) is 8.74 Å². The van der Waals surface area contributed by atoms with Gasteiger partial charge in [0.15, 0.2) is 0 Å². The zero-order valence-corrected chi connectivity index (χ0v) is 18.6. The van der Waals surface area contributed by atoms with Gasteiger partial charge in [0.25, 0.3) is 0 Å². The van der Waals surface area contributed by atoms with Gasteiger partial charge < -0.3 is 5.11 Å². The van der Waals surface area contributed by atoms with Crippen molar-refractivity contribution in [1.29, 1.82) is 0 Å². The van der Waals surface area contributed by atoms with Gasteiger partial charge in [0, 0.05) is 0 Å². The highest BCUT2D eigenvalue weighted by Crippen LogP contribution is 2.66. The molecule has 2 N–H and O–H groups in total. The molecule has 0 bridgehead atoms. The summed E-state index contributed by atoms with van der Waals surface area (Å²) in [6.07, 6.45) is 6.90. The van der Waals surface area contributed by atoms with E-state index in [1.165, 1.54) is 0 Å². The molecule has 0 spiro atoms. The third kappa shape index (κ3) is 4.01. The highest BCUT2D eigenvalue weighted by Gasteiger charge is 2.61. The average molecular weight is 453 g/mol. The van der Waals surface area contributed by atoms with Crippen molar-refractivity contribution in [3.05, 3.63) is 0 Å². The van der Waals surface area contributed by atoms with Gasteiger partial charge in [-0.15, -0.1) is 3.63 Å². The Hall–Kier alpha value is -0.260. The van der Waals surface area contributed by atoms with Gasteiger partial charge in [0.1, 0.15) is 0 Å². The van der Waals surface area contributed by atoms with Gasteiger partial charge >= 0.3 is 20.8 Å². The number of aliphatic hydroxyl groups excluding tert-OH is 1. The van der Waals surface area contributed by atoms with E-state index in [2.05, 4.69) is 17.5 Å². The third-order valence-electron chi connectivity index (χ3n) is 8.82. The van der Waals surface area contributed by atoms with Crippen LogP contribution in [0.3, 0.4) is 0 Å². The van der Waals surface area contributed by atoms with Crippen LogP contribution in [0.2, 0.25) is 0 Å². The Morgan fingerprint density at radius 1 is 0.931 bits per heavy atom. The second kappa shape index (κ2) is 7.13. The fourth-order valence-electron chi connectivity index (χ4n) is 7.54. The predicted octanol–water partition coefficient (Wildman–Crippen LogP) is 2.84. The summed E-state index contributed by atoms with van der Waals surface area (Å²) in [7, 11) is -10.1. The lowest BCUT2D eigenvalue weighted by atomic mass is 9.44. The Bertz CT molecular complexity index is 855. The van der Waals surface area contributed by atoms with E-state index in [1.807, 2.05) is 0 Å². The molecule has 8 nitrogen and oxygen atoms in total. The molecule has 10 heteroatoms. The largest absolute Gasteiger partial charge is 0.416 e. The van der Waals surface area contributed by atoms with E-state index in [-0.39, 0.29) is 28.6 Å². The Morgan fingerprint density at radius 2 is 1.66 bits per heavy atom. The van der Waals surface area contributed by atoms with Crippen molar-refractivity contribution in [3.8, 4) is 0 Å². The summed E-state index contributed by atoms with van der Waals surface area (Å²) in [4.78, 5) is 0. The normalized spacial score (nSPS) is 47.9. The zero-order chi connectivity index (χ0) is 21.2. The maximum absolute atomic E-state index is 12.2. The van der Waals surface area contributed by atoms with Crippen molar-refractivity contribution in [2.75, 3.05) is 0 Å². The Morgan fingerprint density at radius 3 is 2.34 bits per heavy atom. The van der Waals surface area contributed by atoms with Crippen molar-refractivity contribution in [2.24, 2.45) is 34.5 Å². The second-order valence-corrected chi connectivity index (χ2v) is 12.7. The van der Waals surface area contributed by atoms with E-state index in [9.17, 15) is 21.9 Å². The highest BCUT2D eigenvalue weighted by molar-refractivity contribution is 7.94. The standard InChI is InChI=1S/C19H32O8S2/c1-18-7-3-4-14(18)17-15(6-8-18)19(2)9-5-13(20)10-12(19)11-16(17)26-29(24,25)27-28(21,22)23/h12-17,20H,3-11H2,1-2H3,(H,21,22,23)/t12?,13?,14-,15-,16?,17-,18-,19-/m0/s1. The van der Waals surface area contributed by atoms with Gasteiger partial charge in [-0.2, -0.15) is 16.8 Å². The van der Waals surface area contributed by atoms with Crippen LogP contribution in [0, 0.1) is 34.5 Å². The molecule has 0 saturated heterocycles. The topological polar surface area (TPSA) is 127 Å². The maximum Gasteiger partial charge on any atom is 0.416 e. The van der Waals surface area contributed by atoms with Crippen LogP contribution >= 0.6 is 0 Å². The van der Waals surface area contributed by atoms with E-state index < -0.39 is 33.0 Å². The molecular weight excluding hydrogens is 420 g/mol. The molecule has 0 aromatic carbocycles. The van der Waals surface area contributed by atoms with Crippen LogP contribution in [0.15, 0.2) is 0 Å². The quantitative estimate of drug-likeness (QED) is 0.623. The number of fused-ring (bicyclic) bond motifs is 5. The van der Waals surface area contributed by atoms with Crippen LogP contribution in [0.25, 0.3) is 0 Å². The highest BCUT2D eigenvalue weighted by atomic mass is 32.3. The zero-order valence-electron chi connectivity index (χ0n) is 17.0. The maximum atomic E-state index is 12.2. The van der Waals surface area contributed by atoms with Crippen LogP contribution in [0.5, 0.6) is 0 Å². The second-order valence-electron chi connectivity index (χ2n) is 10.3. The molecule has 0 amide bonds. The Labute approximate surface area is 173 Å². The van der Waals surface area contributed by atoms with Crippen LogP contribution in [0.4, 0.5) is 0 Å². The minimum Gasteiger partial charge on any atom is -0.393 e. The van der Waals surface area contributed by atoms with Crippen molar-refractivity contribution in [3.63, 3.8) is 0 Å². The Balaban J connectivity index is 1.69. The predicted molar refractivity (Wildman–Crippen MR) is 104 cm³/mol. The molecule has 0 aromatic rings. The van der Waals surface area contributed by atoms with E-state index >= 15 is 0 Å². The molecule has 0 aromatic heterocycles. The van der Waals surface area contributed by atoms with Gasteiger partial charge in [-0.3, -0.25) is 4.55 Å².